The number of carboxylic acids is 1. The number of hydrogen-bond acceptors (Lipinski definition) is 3. The predicted molar refractivity (Wildman–Crippen MR) is 121 cm³/mol. The molecule has 0 saturated carbocycles. The summed E-state index contributed by atoms with van der Waals surface area (Å²) in [5.41, 5.74) is 1.63. The quantitative estimate of drug-likeness (QED) is 0.370. The molecule has 3 rings (SSSR count). The smallest absolute Gasteiger partial charge is 0.416 e. The molecule has 0 spiro atoms. The van der Waals surface area contributed by atoms with Crippen LogP contribution in [0.15, 0.2) is 54.6 Å². The summed E-state index contributed by atoms with van der Waals surface area (Å²) in [6.45, 7) is 3.69. The number of nitrogens with one attached hydrogen (secondary N) is 1. The van der Waals surface area contributed by atoms with Crippen molar-refractivity contribution in [3.63, 3.8) is 0 Å². The molecule has 3 aromatic carbocycles. The topological polar surface area (TPSA) is 75.6 Å². The summed E-state index contributed by atoms with van der Waals surface area (Å²) in [6, 6.07) is 12.4. The number of carbonyl (C=O) groups excluding carboxylic acids is 1. The van der Waals surface area contributed by atoms with Crippen molar-refractivity contribution in [2.45, 2.75) is 39.4 Å². The van der Waals surface area contributed by atoms with Crippen molar-refractivity contribution in [3.05, 3.63) is 93.8 Å². The molecule has 35 heavy (non-hydrogen) atoms. The monoisotopic (exact) mass is 489 g/mol. The average Bonchev–Trinajstić information content (AvgIpc) is 2.75. The summed E-state index contributed by atoms with van der Waals surface area (Å²) in [5.74, 6) is -1.92. The number of aryl methyl sites for hydroxylation is 3. The standard InChI is InChI=1S/C26H23F4NO4/c1-15-9-17(14-31-25(34)22-7-5-19(13-23(22)27)26(28,29)30)12-21(10-15)35-20-6-3-18(16(2)11-20)4-8-24(32)33/h3,5-7,9-13H,4,8,14H2,1-2H3,(H,31,34)(H,32,33). The lowest BCUT2D eigenvalue weighted by atomic mass is 10.0. The zero-order valence-electron chi connectivity index (χ0n) is 19.0. The molecule has 0 aliphatic heterocycles. The number of benzene rings is 3. The molecule has 0 aliphatic carbocycles. The Morgan fingerprint density at radius 1 is 0.971 bits per heavy atom. The summed E-state index contributed by atoms with van der Waals surface area (Å²) in [4.78, 5) is 23.1. The highest BCUT2D eigenvalue weighted by Crippen LogP contribution is 2.30. The third-order valence-electron chi connectivity index (χ3n) is 5.26. The molecular weight excluding hydrogens is 466 g/mol. The first-order chi connectivity index (χ1) is 16.4. The molecule has 2 N–H and O–H groups in total. The molecule has 0 aliphatic rings. The van der Waals surface area contributed by atoms with Crippen molar-refractivity contribution in [1.82, 2.24) is 5.32 Å². The lowest BCUT2D eigenvalue weighted by Crippen LogP contribution is -2.24. The van der Waals surface area contributed by atoms with E-state index in [-0.39, 0.29) is 13.0 Å². The predicted octanol–water partition coefficient (Wildman–Crippen LogP) is 6.20. The largest absolute Gasteiger partial charge is 0.481 e. The number of ether oxygens (including phenoxy) is 1. The van der Waals surface area contributed by atoms with Crippen LogP contribution in [0.2, 0.25) is 0 Å². The van der Waals surface area contributed by atoms with Crippen molar-refractivity contribution in [3.8, 4) is 11.5 Å². The van der Waals surface area contributed by atoms with Crippen LogP contribution in [0.5, 0.6) is 11.5 Å². The molecule has 5 nitrogen and oxygen atoms in total. The molecule has 184 valence electrons. The second-order valence-corrected chi connectivity index (χ2v) is 8.11. The molecular formula is C26H23F4NO4. The van der Waals surface area contributed by atoms with E-state index in [1.807, 2.05) is 19.9 Å². The van der Waals surface area contributed by atoms with Crippen LogP contribution in [0, 0.1) is 19.7 Å². The third kappa shape index (κ3) is 7.05. The van der Waals surface area contributed by atoms with Crippen LogP contribution in [0.3, 0.4) is 0 Å². The van der Waals surface area contributed by atoms with Gasteiger partial charge in [-0.3, -0.25) is 9.59 Å². The number of carbonyl (C=O) groups is 2. The molecule has 0 fully saturated rings. The number of carboxylic acid groups (broad SMARTS) is 1. The second kappa shape index (κ2) is 10.6. The highest BCUT2D eigenvalue weighted by atomic mass is 19.4. The molecule has 0 unspecified atom stereocenters. The summed E-state index contributed by atoms with van der Waals surface area (Å²) in [7, 11) is 0. The van der Waals surface area contributed by atoms with Crippen molar-refractivity contribution in [1.29, 1.82) is 0 Å². The highest BCUT2D eigenvalue weighted by Gasteiger charge is 2.31. The maximum atomic E-state index is 14.1. The Kier molecular flexibility index (Phi) is 7.78. The molecule has 0 saturated heterocycles. The van der Waals surface area contributed by atoms with E-state index in [4.69, 9.17) is 9.84 Å². The van der Waals surface area contributed by atoms with Gasteiger partial charge in [0.1, 0.15) is 17.3 Å². The fraction of sp³-hybridized carbons (Fsp3) is 0.231. The molecule has 3 aromatic rings. The Hall–Kier alpha value is -3.88. The number of aliphatic carboxylic acids is 1. The fourth-order valence-corrected chi connectivity index (χ4v) is 3.53. The van der Waals surface area contributed by atoms with Crippen LogP contribution in [0.1, 0.15) is 44.6 Å². The van der Waals surface area contributed by atoms with Crippen molar-refractivity contribution in [2.24, 2.45) is 0 Å². The molecule has 1 amide bonds. The van der Waals surface area contributed by atoms with Crippen LogP contribution in [0.25, 0.3) is 0 Å². The Morgan fingerprint density at radius 3 is 2.34 bits per heavy atom. The van der Waals surface area contributed by atoms with E-state index in [2.05, 4.69) is 5.32 Å². The van der Waals surface area contributed by atoms with Gasteiger partial charge in [0.2, 0.25) is 0 Å². The van der Waals surface area contributed by atoms with E-state index in [0.717, 1.165) is 22.8 Å². The second-order valence-electron chi connectivity index (χ2n) is 8.11. The third-order valence-corrected chi connectivity index (χ3v) is 5.26. The molecule has 0 heterocycles. The number of alkyl halides is 3. The summed E-state index contributed by atoms with van der Waals surface area (Å²) in [6.07, 6.45) is -4.26. The lowest BCUT2D eigenvalue weighted by molar-refractivity contribution is -0.138. The number of hydrogen-bond donors (Lipinski definition) is 2. The van der Waals surface area contributed by atoms with E-state index < -0.39 is 35.0 Å². The Morgan fingerprint density at radius 2 is 1.71 bits per heavy atom. The zero-order chi connectivity index (χ0) is 25.8. The first kappa shape index (κ1) is 25.7. The van der Waals surface area contributed by atoms with Gasteiger partial charge in [-0.25, -0.2) is 4.39 Å². The fourth-order valence-electron chi connectivity index (χ4n) is 3.53. The van der Waals surface area contributed by atoms with Gasteiger partial charge in [0.15, 0.2) is 0 Å². The van der Waals surface area contributed by atoms with Gasteiger partial charge in [0, 0.05) is 13.0 Å². The van der Waals surface area contributed by atoms with E-state index in [0.29, 0.717) is 35.6 Å². The molecule has 0 radical (unpaired) electrons. The minimum Gasteiger partial charge on any atom is -0.481 e. The molecule has 0 atom stereocenters. The van der Waals surface area contributed by atoms with Crippen LogP contribution in [-0.2, 0) is 23.9 Å². The normalized spacial score (nSPS) is 11.3. The summed E-state index contributed by atoms with van der Waals surface area (Å²) >= 11 is 0. The van der Waals surface area contributed by atoms with Gasteiger partial charge in [-0.05, 0) is 85.0 Å². The Labute approximate surface area is 199 Å². The van der Waals surface area contributed by atoms with Crippen LogP contribution < -0.4 is 10.1 Å². The van der Waals surface area contributed by atoms with Gasteiger partial charge >= 0.3 is 12.1 Å². The van der Waals surface area contributed by atoms with Gasteiger partial charge in [-0.1, -0.05) is 12.1 Å². The number of rotatable bonds is 8. The van der Waals surface area contributed by atoms with E-state index >= 15 is 0 Å². The summed E-state index contributed by atoms with van der Waals surface area (Å²) in [5, 5.41) is 11.4. The number of halogens is 4. The Bertz CT molecular complexity index is 1250. The van der Waals surface area contributed by atoms with Crippen LogP contribution >= 0.6 is 0 Å². The SMILES string of the molecule is Cc1cc(CNC(=O)c2ccc(C(F)(F)F)cc2F)cc(Oc2ccc(CCC(=O)O)c(C)c2)c1. The van der Waals surface area contributed by atoms with E-state index in [9.17, 15) is 27.2 Å². The minimum absolute atomic E-state index is 0.00445. The van der Waals surface area contributed by atoms with Crippen LogP contribution in [-0.4, -0.2) is 17.0 Å². The highest BCUT2D eigenvalue weighted by molar-refractivity contribution is 5.94. The van der Waals surface area contributed by atoms with Gasteiger partial charge in [0.05, 0.1) is 11.1 Å². The zero-order valence-corrected chi connectivity index (χ0v) is 19.0. The van der Waals surface area contributed by atoms with Crippen LogP contribution in [0.4, 0.5) is 17.6 Å². The van der Waals surface area contributed by atoms with Gasteiger partial charge in [-0.15, -0.1) is 0 Å². The first-order valence-electron chi connectivity index (χ1n) is 10.7. The van der Waals surface area contributed by atoms with Crippen molar-refractivity contribution >= 4 is 11.9 Å². The maximum absolute atomic E-state index is 14.1. The average molecular weight is 489 g/mol. The number of amides is 1. The molecule has 9 heteroatoms. The first-order valence-corrected chi connectivity index (χ1v) is 10.7. The van der Waals surface area contributed by atoms with Crippen molar-refractivity contribution < 1.29 is 37.0 Å². The molecule has 0 bridgehead atoms. The van der Waals surface area contributed by atoms with Gasteiger partial charge in [0.25, 0.3) is 5.91 Å². The Balaban J connectivity index is 1.68. The minimum atomic E-state index is -4.70. The maximum Gasteiger partial charge on any atom is 0.416 e. The van der Waals surface area contributed by atoms with Crippen molar-refractivity contribution in [2.75, 3.05) is 0 Å². The van der Waals surface area contributed by atoms with E-state index in [1.165, 1.54) is 0 Å². The van der Waals surface area contributed by atoms with Gasteiger partial charge in [-0.2, -0.15) is 13.2 Å². The van der Waals surface area contributed by atoms with E-state index in [1.54, 1.807) is 30.3 Å². The lowest BCUT2D eigenvalue weighted by Gasteiger charge is -2.13. The molecule has 0 aromatic heterocycles. The summed E-state index contributed by atoms with van der Waals surface area (Å²) < 4.78 is 58.1. The van der Waals surface area contributed by atoms with Gasteiger partial charge < -0.3 is 15.2 Å².